The lowest BCUT2D eigenvalue weighted by Crippen LogP contribution is -2.26. The maximum Gasteiger partial charge on any atom is 0.0785 e. The first-order valence-electron chi connectivity index (χ1n) is 7.19. The van der Waals surface area contributed by atoms with Crippen molar-refractivity contribution in [3.05, 3.63) is 34.9 Å². The first kappa shape index (κ1) is 14.6. The van der Waals surface area contributed by atoms with Crippen molar-refractivity contribution >= 4 is 11.6 Å². The summed E-state index contributed by atoms with van der Waals surface area (Å²) in [5, 5.41) is 22.2. The number of H-pyrrole nitrogens is 1. The Bertz CT molecular complexity index is 596. The molecule has 2 aromatic heterocycles. The molecule has 6 nitrogen and oxygen atoms in total. The van der Waals surface area contributed by atoms with Gasteiger partial charge in [-0.15, -0.1) is 0 Å². The van der Waals surface area contributed by atoms with Crippen LogP contribution in [0.4, 0.5) is 0 Å². The number of hydrogen-bond donors (Lipinski definition) is 2. The van der Waals surface area contributed by atoms with Crippen LogP contribution in [0.3, 0.4) is 0 Å². The first-order chi connectivity index (χ1) is 10.1. The van der Waals surface area contributed by atoms with Crippen molar-refractivity contribution in [1.82, 2.24) is 24.9 Å². The summed E-state index contributed by atoms with van der Waals surface area (Å²) in [5.41, 5.74) is 2.09. The smallest absolute Gasteiger partial charge is 0.0785 e. The van der Waals surface area contributed by atoms with Crippen LogP contribution in [0, 0.1) is 12.8 Å². The Balaban J connectivity index is 1.51. The van der Waals surface area contributed by atoms with Crippen LogP contribution in [0.5, 0.6) is 0 Å². The van der Waals surface area contributed by atoms with E-state index in [1.165, 1.54) is 0 Å². The van der Waals surface area contributed by atoms with E-state index < -0.39 is 0 Å². The van der Waals surface area contributed by atoms with E-state index in [1.54, 1.807) is 6.20 Å². The Kier molecular flexibility index (Phi) is 4.28. The summed E-state index contributed by atoms with van der Waals surface area (Å²) in [7, 11) is 0. The number of nitrogens with one attached hydrogen (secondary N) is 1. The van der Waals surface area contributed by atoms with Gasteiger partial charge in [-0.1, -0.05) is 11.6 Å². The lowest BCUT2D eigenvalue weighted by Gasteiger charge is -2.15. The van der Waals surface area contributed by atoms with E-state index >= 15 is 0 Å². The Morgan fingerprint density at radius 2 is 2.29 bits per heavy atom. The van der Waals surface area contributed by atoms with Crippen LogP contribution in [-0.4, -0.2) is 55.7 Å². The summed E-state index contributed by atoms with van der Waals surface area (Å²) in [5.74, 6) is 0.244. The number of aliphatic hydroxyl groups is 1. The molecule has 0 unspecified atom stereocenters. The molecule has 2 atom stereocenters. The van der Waals surface area contributed by atoms with Crippen molar-refractivity contribution in [2.24, 2.45) is 5.92 Å². The minimum atomic E-state index is -0.289. The Labute approximate surface area is 128 Å². The lowest BCUT2D eigenvalue weighted by molar-refractivity contribution is 0.140. The Morgan fingerprint density at radius 3 is 2.95 bits per heavy atom. The third-order valence-corrected chi connectivity index (χ3v) is 4.15. The number of aromatic amines is 1. The fraction of sp³-hybridized carbons (Fsp3) is 0.571. The summed E-state index contributed by atoms with van der Waals surface area (Å²) in [4.78, 5) is 2.27. The second kappa shape index (κ2) is 6.17. The third kappa shape index (κ3) is 3.64. The Morgan fingerprint density at radius 1 is 1.43 bits per heavy atom. The van der Waals surface area contributed by atoms with Gasteiger partial charge in [-0.05, 0) is 19.4 Å². The van der Waals surface area contributed by atoms with E-state index in [4.69, 9.17) is 11.6 Å². The maximum absolute atomic E-state index is 10.2. The summed E-state index contributed by atoms with van der Waals surface area (Å²) in [6.45, 7) is 5.24. The molecule has 2 N–H and O–H groups in total. The summed E-state index contributed by atoms with van der Waals surface area (Å²) >= 11 is 5.85. The van der Waals surface area contributed by atoms with Gasteiger partial charge in [0.2, 0.25) is 0 Å². The highest BCUT2D eigenvalue weighted by atomic mass is 35.5. The van der Waals surface area contributed by atoms with Gasteiger partial charge in [0.25, 0.3) is 0 Å². The van der Waals surface area contributed by atoms with Gasteiger partial charge in [0.1, 0.15) is 0 Å². The molecule has 1 saturated heterocycles. The fourth-order valence-corrected chi connectivity index (χ4v) is 3.03. The minimum absolute atomic E-state index is 0.244. The molecule has 0 bridgehead atoms. The summed E-state index contributed by atoms with van der Waals surface area (Å²) in [6, 6.07) is 2.04. The number of halogens is 1. The van der Waals surface area contributed by atoms with E-state index in [2.05, 4.69) is 20.2 Å². The molecule has 1 aliphatic heterocycles. The zero-order valence-corrected chi connectivity index (χ0v) is 12.8. The lowest BCUT2D eigenvalue weighted by atomic mass is 10.0. The van der Waals surface area contributed by atoms with Crippen molar-refractivity contribution in [2.75, 3.05) is 19.6 Å². The van der Waals surface area contributed by atoms with Gasteiger partial charge in [-0.2, -0.15) is 10.2 Å². The van der Waals surface area contributed by atoms with Crippen LogP contribution in [-0.2, 0) is 13.0 Å². The topological polar surface area (TPSA) is 70.0 Å². The number of aliphatic hydroxyl groups excluding tert-OH is 1. The molecule has 0 spiro atoms. The zero-order chi connectivity index (χ0) is 14.8. The third-order valence-electron chi connectivity index (χ3n) is 3.96. The van der Waals surface area contributed by atoms with Gasteiger partial charge in [-0.3, -0.25) is 14.7 Å². The quantitative estimate of drug-likeness (QED) is 0.868. The second-order valence-electron chi connectivity index (χ2n) is 5.76. The maximum atomic E-state index is 10.2. The molecule has 0 saturated carbocycles. The molecule has 3 heterocycles. The van der Waals surface area contributed by atoms with Gasteiger partial charge in [0.15, 0.2) is 0 Å². The molecule has 0 radical (unpaired) electrons. The summed E-state index contributed by atoms with van der Waals surface area (Å²) < 4.78 is 1.83. The number of β-amino-alcohol motifs (C(OH)–C–C–N with tert-alkyl or cyclic N) is 1. The standard InChI is InChI=1S/C14H20ClN5O/c1-10-4-13(18-17-10)5-11-7-19(9-14(11)21)2-3-20-8-12(15)6-16-20/h4,6,8,11,14,21H,2-3,5,7,9H2,1H3,(H,17,18)/t11-,14-/m1/s1. The zero-order valence-electron chi connectivity index (χ0n) is 12.0. The van der Waals surface area contributed by atoms with E-state index in [-0.39, 0.29) is 12.0 Å². The number of likely N-dealkylation sites (tertiary alicyclic amines) is 1. The molecule has 1 aliphatic rings. The van der Waals surface area contributed by atoms with Crippen molar-refractivity contribution in [3.8, 4) is 0 Å². The molecule has 7 heteroatoms. The molecule has 1 fully saturated rings. The SMILES string of the molecule is Cc1cc(C[C@@H]2CN(CCn3cc(Cl)cn3)C[C@H]2O)n[nH]1. The van der Waals surface area contributed by atoms with E-state index in [1.807, 2.05) is 23.9 Å². The van der Waals surface area contributed by atoms with Gasteiger partial charge >= 0.3 is 0 Å². The number of rotatable bonds is 5. The van der Waals surface area contributed by atoms with Gasteiger partial charge in [0.05, 0.1) is 29.6 Å². The van der Waals surface area contributed by atoms with Crippen LogP contribution >= 0.6 is 11.6 Å². The van der Waals surface area contributed by atoms with Crippen LogP contribution < -0.4 is 0 Å². The van der Waals surface area contributed by atoms with E-state index in [9.17, 15) is 5.11 Å². The van der Waals surface area contributed by atoms with Gasteiger partial charge in [0, 0.05) is 37.4 Å². The highest BCUT2D eigenvalue weighted by Gasteiger charge is 2.31. The molecule has 21 heavy (non-hydrogen) atoms. The van der Waals surface area contributed by atoms with Crippen LogP contribution in [0.25, 0.3) is 0 Å². The minimum Gasteiger partial charge on any atom is -0.391 e. The fourth-order valence-electron chi connectivity index (χ4n) is 2.88. The monoisotopic (exact) mass is 309 g/mol. The van der Waals surface area contributed by atoms with Crippen molar-refractivity contribution in [2.45, 2.75) is 26.0 Å². The number of nitrogens with zero attached hydrogens (tertiary/aromatic N) is 4. The largest absolute Gasteiger partial charge is 0.391 e. The predicted octanol–water partition coefficient (Wildman–Crippen LogP) is 1.10. The number of hydrogen-bond acceptors (Lipinski definition) is 4. The highest BCUT2D eigenvalue weighted by Crippen LogP contribution is 2.21. The van der Waals surface area contributed by atoms with E-state index in [0.717, 1.165) is 37.4 Å². The van der Waals surface area contributed by atoms with Gasteiger partial charge < -0.3 is 5.11 Å². The van der Waals surface area contributed by atoms with Crippen LogP contribution in [0.1, 0.15) is 11.4 Å². The normalized spacial score (nSPS) is 23.0. The molecular formula is C14H20ClN5O. The average Bonchev–Trinajstić information content (AvgIpc) is 3.11. The molecule has 2 aromatic rings. The summed E-state index contributed by atoms with van der Waals surface area (Å²) in [6.07, 6.45) is 3.99. The predicted molar refractivity (Wildman–Crippen MR) is 80.2 cm³/mol. The van der Waals surface area contributed by atoms with Crippen LogP contribution in [0.2, 0.25) is 5.02 Å². The Hall–Kier alpha value is -1.37. The highest BCUT2D eigenvalue weighted by molar-refractivity contribution is 6.30. The van der Waals surface area contributed by atoms with Crippen LogP contribution in [0.15, 0.2) is 18.5 Å². The number of aryl methyl sites for hydroxylation is 1. The molecule has 0 aromatic carbocycles. The molecular weight excluding hydrogens is 290 g/mol. The van der Waals surface area contributed by atoms with Crippen molar-refractivity contribution in [1.29, 1.82) is 0 Å². The molecule has 114 valence electrons. The second-order valence-corrected chi connectivity index (χ2v) is 6.19. The van der Waals surface area contributed by atoms with Crippen molar-refractivity contribution in [3.63, 3.8) is 0 Å². The first-order valence-corrected chi connectivity index (χ1v) is 7.57. The van der Waals surface area contributed by atoms with Gasteiger partial charge in [-0.25, -0.2) is 0 Å². The molecule has 3 rings (SSSR count). The molecule has 0 amide bonds. The number of aromatic nitrogens is 4. The molecule has 0 aliphatic carbocycles. The van der Waals surface area contributed by atoms with E-state index in [0.29, 0.717) is 11.6 Å². The van der Waals surface area contributed by atoms with Crippen molar-refractivity contribution < 1.29 is 5.11 Å². The average molecular weight is 310 g/mol.